The van der Waals surface area contributed by atoms with E-state index in [0.717, 1.165) is 25.6 Å². The standard InChI is InChI=1S/C18H26ClN3O3S/c1-13-11-21(12-14-4-2-3-5-14)8-9-22(13)18(23)16-7-6-15(10-17(16)19)20-26(24)25/h6-7,10,13-14,26H,2-5,8-9,11-12H2,1H3,(H,20,24,25)/t13-/m0/s1. The van der Waals surface area contributed by atoms with E-state index in [-0.39, 0.29) is 17.0 Å². The van der Waals surface area contributed by atoms with Gasteiger partial charge in [-0.2, -0.15) is 0 Å². The molecule has 1 N–H and O–H groups in total. The Balaban J connectivity index is 1.63. The van der Waals surface area contributed by atoms with Gasteiger partial charge in [-0.25, -0.2) is 8.42 Å². The molecule has 0 radical (unpaired) electrons. The highest BCUT2D eigenvalue weighted by Crippen LogP contribution is 2.27. The predicted octanol–water partition coefficient (Wildman–Crippen LogP) is 2.61. The number of hydrogen-bond acceptors (Lipinski definition) is 4. The lowest BCUT2D eigenvalue weighted by molar-refractivity contribution is 0.0461. The van der Waals surface area contributed by atoms with E-state index in [1.54, 1.807) is 12.1 Å². The van der Waals surface area contributed by atoms with Gasteiger partial charge in [0.15, 0.2) is 0 Å². The van der Waals surface area contributed by atoms with Crippen molar-refractivity contribution in [2.75, 3.05) is 30.9 Å². The Morgan fingerprint density at radius 3 is 2.62 bits per heavy atom. The smallest absolute Gasteiger partial charge is 0.255 e. The highest BCUT2D eigenvalue weighted by atomic mass is 35.5. The number of carbonyl (C=O) groups excluding carboxylic acids is 1. The van der Waals surface area contributed by atoms with E-state index >= 15 is 0 Å². The maximum absolute atomic E-state index is 12.9. The van der Waals surface area contributed by atoms with Gasteiger partial charge in [0.1, 0.15) is 0 Å². The molecule has 2 aliphatic rings. The largest absolute Gasteiger partial charge is 0.333 e. The lowest BCUT2D eigenvalue weighted by atomic mass is 10.1. The van der Waals surface area contributed by atoms with Crippen molar-refractivity contribution < 1.29 is 13.2 Å². The Kier molecular flexibility index (Phi) is 6.42. The maximum Gasteiger partial charge on any atom is 0.255 e. The molecule has 26 heavy (non-hydrogen) atoms. The fourth-order valence-corrected chi connectivity index (χ4v) is 4.69. The summed E-state index contributed by atoms with van der Waals surface area (Å²) in [7, 11) is -2.75. The van der Waals surface area contributed by atoms with Gasteiger partial charge in [0.2, 0.25) is 10.9 Å². The summed E-state index contributed by atoms with van der Waals surface area (Å²) < 4.78 is 23.8. The topological polar surface area (TPSA) is 69.7 Å². The summed E-state index contributed by atoms with van der Waals surface area (Å²) in [6, 6.07) is 4.75. The summed E-state index contributed by atoms with van der Waals surface area (Å²) in [5, 5.41) is 0.262. The van der Waals surface area contributed by atoms with Gasteiger partial charge in [0, 0.05) is 37.9 Å². The lowest BCUT2D eigenvalue weighted by Crippen LogP contribution is -2.54. The quantitative estimate of drug-likeness (QED) is 0.747. The third-order valence-corrected chi connectivity index (χ3v) is 6.14. The molecule has 3 rings (SSSR count). The molecule has 1 aromatic carbocycles. The van der Waals surface area contributed by atoms with E-state index in [1.807, 2.05) is 4.90 Å². The average Bonchev–Trinajstić information content (AvgIpc) is 3.07. The third-order valence-electron chi connectivity index (χ3n) is 5.38. The highest BCUT2D eigenvalue weighted by molar-refractivity contribution is 7.73. The van der Waals surface area contributed by atoms with Crippen LogP contribution in [0.5, 0.6) is 0 Å². The zero-order chi connectivity index (χ0) is 18.7. The molecular formula is C18H26ClN3O3S. The molecule has 1 aromatic rings. The van der Waals surface area contributed by atoms with Gasteiger partial charge in [0.25, 0.3) is 5.91 Å². The minimum Gasteiger partial charge on any atom is -0.333 e. The zero-order valence-corrected chi connectivity index (χ0v) is 16.6. The summed E-state index contributed by atoms with van der Waals surface area (Å²) >= 11 is 6.22. The molecule has 1 atom stereocenters. The van der Waals surface area contributed by atoms with Crippen LogP contribution in [0, 0.1) is 5.92 Å². The van der Waals surface area contributed by atoms with E-state index in [2.05, 4.69) is 16.5 Å². The minimum absolute atomic E-state index is 0.0962. The van der Waals surface area contributed by atoms with Crippen molar-refractivity contribution in [3.63, 3.8) is 0 Å². The Morgan fingerprint density at radius 1 is 1.27 bits per heavy atom. The number of piperazine rings is 1. The second-order valence-corrected chi connectivity index (χ2v) is 8.47. The van der Waals surface area contributed by atoms with E-state index in [1.165, 1.54) is 31.7 Å². The van der Waals surface area contributed by atoms with Crippen LogP contribution in [0.25, 0.3) is 0 Å². The number of benzene rings is 1. The van der Waals surface area contributed by atoms with Crippen LogP contribution in [-0.2, 0) is 10.9 Å². The molecule has 144 valence electrons. The maximum atomic E-state index is 12.9. The monoisotopic (exact) mass is 399 g/mol. The van der Waals surface area contributed by atoms with Gasteiger partial charge in [0.05, 0.1) is 10.6 Å². The number of nitrogens with zero attached hydrogens (tertiary/aromatic N) is 2. The first-order valence-corrected chi connectivity index (χ1v) is 10.7. The van der Waals surface area contributed by atoms with Gasteiger partial charge in [-0.15, -0.1) is 0 Å². The SMILES string of the molecule is C[C@H]1CN(CC2CCCC2)CCN1C(=O)c1ccc(N[SH](=O)=O)cc1Cl. The molecule has 6 nitrogen and oxygen atoms in total. The van der Waals surface area contributed by atoms with Crippen molar-refractivity contribution >= 4 is 34.1 Å². The Hall–Kier alpha value is -1.31. The van der Waals surface area contributed by atoms with Crippen LogP contribution in [-0.4, -0.2) is 56.3 Å². The Morgan fingerprint density at radius 2 is 2.00 bits per heavy atom. The molecule has 2 fully saturated rings. The molecule has 1 aliphatic heterocycles. The number of amides is 1. The number of anilines is 1. The number of halogens is 1. The summed E-state index contributed by atoms with van der Waals surface area (Å²) in [5.41, 5.74) is 0.770. The van der Waals surface area contributed by atoms with Crippen LogP contribution in [0.2, 0.25) is 5.02 Å². The molecule has 1 aliphatic carbocycles. The molecule has 0 spiro atoms. The second-order valence-electron chi connectivity index (χ2n) is 7.32. The van der Waals surface area contributed by atoms with E-state index in [4.69, 9.17) is 11.6 Å². The zero-order valence-electron chi connectivity index (χ0n) is 15.0. The van der Waals surface area contributed by atoms with E-state index in [0.29, 0.717) is 17.8 Å². The summed E-state index contributed by atoms with van der Waals surface area (Å²) in [6.07, 6.45) is 5.36. The summed E-state index contributed by atoms with van der Waals surface area (Å²) in [6.45, 7) is 5.68. The number of rotatable bonds is 5. The molecule has 0 aromatic heterocycles. The Bertz CT molecular complexity index is 726. The Labute approximate surface area is 161 Å². The molecular weight excluding hydrogens is 374 g/mol. The summed E-state index contributed by atoms with van der Waals surface area (Å²) in [5.74, 6) is 0.715. The first-order valence-electron chi connectivity index (χ1n) is 9.18. The number of thiol groups is 1. The first kappa shape index (κ1) is 19.5. The van der Waals surface area contributed by atoms with Gasteiger partial charge < -0.3 is 4.90 Å². The first-order chi connectivity index (χ1) is 12.4. The van der Waals surface area contributed by atoms with Crippen molar-refractivity contribution in [2.24, 2.45) is 5.92 Å². The van der Waals surface area contributed by atoms with Gasteiger partial charge in [-0.3, -0.25) is 14.4 Å². The van der Waals surface area contributed by atoms with Crippen LogP contribution < -0.4 is 4.72 Å². The van der Waals surface area contributed by atoms with Crippen molar-refractivity contribution in [3.05, 3.63) is 28.8 Å². The molecule has 8 heteroatoms. The molecule has 1 saturated carbocycles. The van der Waals surface area contributed by atoms with Crippen LogP contribution in [0.1, 0.15) is 43.0 Å². The van der Waals surface area contributed by atoms with Crippen molar-refractivity contribution in [1.29, 1.82) is 0 Å². The average molecular weight is 400 g/mol. The van der Waals surface area contributed by atoms with E-state index in [9.17, 15) is 13.2 Å². The molecule has 0 unspecified atom stereocenters. The molecule has 1 heterocycles. The van der Waals surface area contributed by atoms with Gasteiger partial charge in [-0.1, -0.05) is 24.4 Å². The fraction of sp³-hybridized carbons (Fsp3) is 0.611. The number of nitrogens with one attached hydrogen (secondary N) is 1. The molecule has 0 bridgehead atoms. The van der Waals surface area contributed by atoms with Crippen LogP contribution in [0.15, 0.2) is 18.2 Å². The number of hydrogen-bond donors (Lipinski definition) is 2. The molecule has 1 amide bonds. The highest BCUT2D eigenvalue weighted by Gasteiger charge is 2.30. The third kappa shape index (κ3) is 4.69. The van der Waals surface area contributed by atoms with E-state index < -0.39 is 10.9 Å². The van der Waals surface area contributed by atoms with Crippen LogP contribution >= 0.6 is 11.6 Å². The minimum atomic E-state index is -2.75. The van der Waals surface area contributed by atoms with Crippen molar-refractivity contribution in [2.45, 2.75) is 38.6 Å². The van der Waals surface area contributed by atoms with Crippen LogP contribution in [0.4, 0.5) is 5.69 Å². The summed E-state index contributed by atoms with van der Waals surface area (Å²) in [4.78, 5) is 17.2. The number of carbonyl (C=O) groups is 1. The normalized spacial score (nSPS) is 22.1. The predicted molar refractivity (Wildman–Crippen MR) is 104 cm³/mol. The second kappa shape index (κ2) is 8.59. The van der Waals surface area contributed by atoms with Crippen LogP contribution in [0.3, 0.4) is 0 Å². The van der Waals surface area contributed by atoms with Crippen molar-refractivity contribution in [3.8, 4) is 0 Å². The fourth-order valence-electron chi connectivity index (χ4n) is 4.08. The molecule has 1 saturated heterocycles. The lowest BCUT2D eigenvalue weighted by Gasteiger charge is -2.41. The van der Waals surface area contributed by atoms with Gasteiger partial charge >= 0.3 is 0 Å². The van der Waals surface area contributed by atoms with Crippen molar-refractivity contribution in [1.82, 2.24) is 9.80 Å². The van der Waals surface area contributed by atoms with Gasteiger partial charge in [-0.05, 0) is 43.9 Å².